The highest BCUT2D eigenvalue weighted by Crippen LogP contribution is 2.22. The van der Waals surface area contributed by atoms with Gasteiger partial charge in [-0.25, -0.2) is 4.79 Å². The smallest absolute Gasteiger partial charge is 0.343 e. The first-order valence-corrected chi connectivity index (χ1v) is 8.28. The Kier molecular flexibility index (Phi) is 5.48. The van der Waals surface area contributed by atoms with Gasteiger partial charge in [-0.05, 0) is 53.6 Å². The van der Waals surface area contributed by atoms with Crippen LogP contribution in [0.2, 0.25) is 5.02 Å². The van der Waals surface area contributed by atoms with Crippen molar-refractivity contribution in [3.05, 3.63) is 101 Å². The Balaban J connectivity index is 1.83. The molecule has 126 valence electrons. The Hall–Kier alpha value is -3.35. The van der Waals surface area contributed by atoms with Gasteiger partial charge in [-0.3, -0.25) is 0 Å². The fraction of sp³-hybridized carbons (Fsp3) is 0. The van der Waals surface area contributed by atoms with Gasteiger partial charge < -0.3 is 4.74 Å². The molecule has 0 atom stereocenters. The second kappa shape index (κ2) is 8.15. The van der Waals surface area contributed by atoms with Crippen LogP contribution < -0.4 is 4.74 Å². The third kappa shape index (κ3) is 4.38. The van der Waals surface area contributed by atoms with Crippen LogP contribution in [0.4, 0.5) is 0 Å². The molecule has 0 fully saturated rings. The zero-order chi connectivity index (χ0) is 18.4. The zero-order valence-electron chi connectivity index (χ0n) is 13.7. The van der Waals surface area contributed by atoms with Gasteiger partial charge in [0.25, 0.3) is 0 Å². The number of esters is 1. The molecule has 0 radical (unpaired) electrons. The lowest BCUT2D eigenvalue weighted by Gasteiger charge is -2.06. The minimum Gasteiger partial charge on any atom is -0.423 e. The van der Waals surface area contributed by atoms with Gasteiger partial charge in [0.15, 0.2) is 0 Å². The van der Waals surface area contributed by atoms with Crippen LogP contribution >= 0.6 is 11.6 Å². The van der Waals surface area contributed by atoms with Crippen molar-refractivity contribution in [2.24, 2.45) is 0 Å². The Labute approximate surface area is 156 Å². The summed E-state index contributed by atoms with van der Waals surface area (Å²) in [7, 11) is 0. The molecule has 0 aliphatic heterocycles. The molecule has 3 nitrogen and oxygen atoms in total. The molecule has 0 aliphatic rings. The fourth-order valence-corrected chi connectivity index (χ4v) is 2.51. The van der Waals surface area contributed by atoms with Crippen LogP contribution in [0.3, 0.4) is 0 Å². The molecule has 3 rings (SSSR count). The van der Waals surface area contributed by atoms with E-state index in [1.165, 1.54) is 0 Å². The summed E-state index contributed by atoms with van der Waals surface area (Å²) in [6, 6.07) is 25.0. The number of rotatable bonds is 4. The number of ether oxygens (including phenoxy) is 1. The molecular weight excluding hydrogens is 346 g/mol. The lowest BCUT2D eigenvalue weighted by Crippen LogP contribution is -2.08. The molecule has 0 aromatic heterocycles. The summed E-state index contributed by atoms with van der Waals surface area (Å²) in [5, 5.41) is 10.0. The molecule has 0 saturated carbocycles. The van der Waals surface area contributed by atoms with E-state index in [2.05, 4.69) is 6.07 Å². The second-order valence-corrected chi connectivity index (χ2v) is 5.94. The highest BCUT2D eigenvalue weighted by atomic mass is 35.5. The first kappa shape index (κ1) is 17.5. The predicted octanol–water partition coefficient (Wildman–Crippen LogP) is 5.62. The molecular formula is C22H14ClNO2. The number of carbonyl (C=O) groups excluding carboxylic acids is 1. The van der Waals surface area contributed by atoms with E-state index in [0.717, 1.165) is 11.1 Å². The van der Waals surface area contributed by atoms with Crippen LogP contribution in [0, 0.1) is 11.3 Å². The largest absolute Gasteiger partial charge is 0.423 e. The molecule has 3 aromatic rings. The molecule has 0 N–H and O–H groups in total. The average molecular weight is 360 g/mol. The van der Waals surface area contributed by atoms with E-state index in [1.54, 1.807) is 72.8 Å². The van der Waals surface area contributed by atoms with Gasteiger partial charge >= 0.3 is 5.97 Å². The molecule has 0 heterocycles. The van der Waals surface area contributed by atoms with Gasteiger partial charge in [0.1, 0.15) is 5.75 Å². The topological polar surface area (TPSA) is 50.1 Å². The van der Waals surface area contributed by atoms with Crippen LogP contribution in [-0.2, 0) is 0 Å². The standard InChI is InChI=1S/C22H14ClNO2/c23-20-11-9-17(10-12-20)19(15-24)13-16-5-4-8-21(14-16)26-22(25)18-6-2-1-3-7-18/h1-14H/b19-13-. The minimum absolute atomic E-state index is 0.418. The summed E-state index contributed by atoms with van der Waals surface area (Å²) < 4.78 is 5.41. The normalized spacial score (nSPS) is 10.8. The maximum Gasteiger partial charge on any atom is 0.343 e. The van der Waals surface area contributed by atoms with Gasteiger partial charge in [-0.1, -0.05) is 54.1 Å². The molecule has 26 heavy (non-hydrogen) atoms. The monoisotopic (exact) mass is 359 g/mol. The van der Waals surface area contributed by atoms with E-state index in [4.69, 9.17) is 16.3 Å². The van der Waals surface area contributed by atoms with E-state index < -0.39 is 5.97 Å². The van der Waals surface area contributed by atoms with Crippen molar-refractivity contribution in [2.45, 2.75) is 0 Å². The van der Waals surface area contributed by atoms with Gasteiger partial charge in [-0.15, -0.1) is 0 Å². The minimum atomic E-state index is -0.426. The first-order valence-electron chi connectivity index (χ1n) is 7.91. The van der Waals surface area contributed by atoms with Crippen molar-refractivity contribution in [2.75, 3.05) is 0 Å². The van der Waals surface area contributed by atoms with E-state index in [0.29, 0.717) is 21.9 Å². The van der Waals surface area contributed by atoms with Crippen LogP contribution in [-0.4, -0.2) is 5.97 Å². The summed E-state index contributed by atoms with van der Waals surface area (Å²) in [4.78, 5) is 12.2. The highest BCUT2D eigenvalue weighted by molar-refractivity contribution is 6.30. The van der Waals surface area contributed by atoms with Crippen LogP contribution in [0.1, 0.15) is 21.5 Å². The Bertz CT molecular complexity index is 987. The van der Waals surface area contributed by atoms with Gasteiger partial charge in [0.2, 0.25) is 0 Å². The first-order chi connectivity index (χ1) is 12.7. The third-order valence-corrected chi connectivity index (χ3v) is 3.92. The average Bonchev–Trinajstić information content (AvgIpc) is 2.68. The third-order valence-electron chi connectivity index (χ3n) is 3.66. The van der Waals surface area contributed by atoms with E-state index in [-0.39, 0.29) is 0 Å². The number of nitriles is 1. The Morgan fingerprint density at radius 2 is 1.65 bits per heavy atom. The molecule has 0 amide bonds. The number of allylic oxidation sites excluding steroid dienone is 1. The number of carbonyl (C=O) groups is 1. The molecule has 4 heteroatoms. The van der Waals surface area contributed by atoms with Gasteiger partial charge in [-0.2, -0.15) is 5.26 Å². The number of hydrogen-bond donors (Lipinski definition) is 0. The van der Waals surface area contributed by atoms with Crippen LogP contribution in [0.5, 0.6) is 5.75 Å². The molecule has 0 unspecified atom stereocenters. The molecule has 0 saturated heterocycles. The van der Waals surface area contributed by atoms with Crippen LogP contribution in [0.25, 0.3) is 11.6 Å². The lowest BCUT2D eigenvalue weighted by atomic mass is 10.0. The van der Waals surface area contributed by atoms with Crippen molar-refractivity contribution in [3.8, 4) is 11.8 Å². The lowest BCUT2D eigenvalue weighted by molar-refractivity contribution is 0.0735. The maximum atomic E-state index is 12.2. The van der Waals surface area contributed by atoms with E-state index >= 15 is 0 Å². The molecule has 0 aliphatic carbocycles. The highest BCUT2D eigenvalue weighted by Gasteiger charge is 2.08. The summed E-state index contributed by atoms with van der Waals surface area (Å²) in [6.07, 6.45) is 1.74. The SMILES string of the molecule is N#C/C(=C/c1cccc(OC(=O)c2ccccc2)c1)c1ccc(Cl)cc1. The number of hydrogen-bond acceptors (Lipinski definition) is 3. The van der Waals surface area contributed by atoms with E-state index in [1.807, 2.05) is 12.1 Å². The molecule has 0 spiro atoms. The summed E-state index contributed by atoms with van der Waals surface area (Å²) in [5.74, 6) is -0.00839. The second-order valence-electron chi connectivity index (χ2n) is 5.50. The Morgan fingerprint density at radius 3 is 2.35 bits per heavy atom. The van der Waals surface area contributed by atoms with E-state index in [9.17, 15) is 10.1 Å². The van der Waals surface area contributed by atoms with Crippen molar-refractivity contribution >= 4 is 29.2 Å². The molecule has 0 bridgehead atoms. The van der Waals surface area contributed by atoms with Gasteiger partial charge in [0, 0.05) is 5.02 Å². The molecule has 3 aromatic carbocycles. The van der Waals surface area contributed by atoms with Crippen molar-refractivity contribution in [3.63, 3.8) is 0 Å². The van der Waals surface area contributed by atoms with Gasteiger partial charge in [0.05, 0.1) is 17.2 Å². The zero-order valence-corrected chi connectivity index (χ0v) is 14.5. The van der Waals surface area contributed by atoms with Crippen molar-refractivity contribution < 1.29 is 9.53 Å². The maximum absolute atomic E-state index is 12.2. The summed E-state index contributed by atoms with van der Waals surface area (Å²) in [6.45, 7) is 0. The predicted molar refractivity (Wildman–Crippen MR) is 103 cm³/mol. The Morgan fingerprint density at radius 1 is 0.923 bits per heavy atom. The number of halogens is 1. The summed E-state index contributed by atoms with van der Waals surface area (Å²) in [5.41, 5.74) is 2.50. The fourth-order valence-electron chi connectivity index (χ4n) is 2.38. The number of nitrogens with zero attached hydrogens (tertiary/aromatic N) is 1. The number of benzene rings is 3. The quantitative estimate of drug-likeness (QED) is 0.263. The summed E-state index contributed by atoms with van der Waals surface area (Å²) >= 11 is 5.89. The van der Waals surface area contributed by atoms with Crippen molar-refractivity contribution in [1.29, 1.82) is 5.26 Å². The van der Waals surface area contributed by atoms with Crippen LogP contribution in [0.15, 0.2) is 78.9 Å². The van der Waals surface area contributed by atoms with Crippen molar-refractivity contribution in [1.82, 2.24) is 0 Å².